The van der Waals surface area contributed by atoms with Gasteiger partial charge < -0.3 is 9.47 Å². The first-order valence-corrected chi connectivity index (χ1v) is 8.58. The maximum absolute atomic E-state index is 11.0. The van der Waals surface area contributed by atoms with Gasteiger partial charge in [-0.1, -0.05) is 82.7 Å². The van der Waals surface area contributed by atoms with Crippen molar-refractivity contribution in [3.63, 3.8) is 0 Å². The van der Waals surface area contributed by atoms with Gasteiger partial charge in [-0.3, -0.25) is 0 Å². The minimum absolute atomic E-state index is 0.430. The molecule has 0 N–H and O–H groups in total. The summed E-state index contributed by atoms with van der Waals surface area (Å²) in [6.07, 6.45) is 13.4. The molecule has 0 aromatic heterocycles. The first-order chi connectivity index (χ1) is 9.66. The number of ether oxygens (including phenoxy) is 2. The van der Waals surface area contributed by atoms with Gasteiger partial charge in [0.15, 0.2) is 5.56 Å². The van der Waals surface area contributed by atoms with Gasteiger partial charge in [0.2, 0.25) is 0 Å². The molecule has 3 nitrogen and oxygen atoms in total. The van der Waals surface area contributed by atoms with E-state index in [-0.39, 0.29) is 0 Å². The van der Waals surface area contributed by atoms with Crippen molar-refractivity contribution in [2.24, 2.45) is 0 Å². The molecule has 0 bridgehead atoms. The van der Waals surface area contributed by atoms with Crippen LogP contribution >= 0.6 is 11.6 Å². The van der Waals surface area contributed by atoms with Crippen LogP contribution in [0.15, 0.2) is 0 Å². The third-order valence-electron chi connectivity index (χ3n) is 3.23. The molecular weight excluding hydrogens is 276 g/mol. The highest BCUT2D eigenvalue weighted by Gasteiger charge is 2.06. The zero-order valence-corrected chi connectivity index (χ0v) is 13.9. The molecule has 0 saturated carbocycles. The van der Waals surface area contributed by atoms with Gasteiger partial charge in [0.1, 0.15) is 0 Å². The van der Waals surface area contributed by atoms with Crippen LogP contribution in [0.5, 0.6) is 0 Å². The van der Waals surface area contributed by atoms with Gasteiger partial charge in [-0.15, -0.1) is 0 Å². The van der Waals surface area contributed by atoms with Crippen molar-refractivity contribution in [1.29, 1.82) is 0 Å². The Morgan fingerprint density at radius 2 is 1.35 bits per heavy atom. The van der Waals surface area contributed by atoms with Crippen LogP contribution in [-0.4, -0.2) is 18.3 Å². The van der Waals surface area contributed by atoms with Crippen LogP contribution in [0, 0.1) is 0 Å². The fraction of sp³-hybridized carbons (Fsp3) is 0.938. The van der Waals surface area contributed by atoms with Crippen molar-refractivity contribution >= 4 is 17.8 Å². The van der Waals surface area contributed by atoms with E-state index in [4.69, 9.17) is 16.3 Å². The van der Waals surface area contributed by atoms with Gasteiger partial charge in [0, 0.05) is 0 Å². The van der Waals surface area contributed by atoms with Crippen molar-refractivity contribution in [2.45, 2.75) is 90.0 Å². The topological polar surface area (TPSA) is 35.5 Å². The standard InChI is InChI=1S/C16H31ClO3/c1-3-4-5-6-7-8-9-10-11-12-13-14-19-16(18)20-15(2)17/h15H,3-14H2,1-2H3. The summed E-state index contributed by atoms with van der Waals surface area (Å²) in [6.45, 7) is 4.27. The van der Waals surface area contributed by atoms with E-state index >= 15 is 0 Å². The predicted molar refractivity (Wildman–Crippen MR) is 84.2 cm³/mol. The van der Waals surface area contributed by atoms with Crippen molar-refractivity contribution < 1.29 is 14.3 Å². The Kier molecular flexibility index (Phi) is 14.6. The Morgan fingerprint density at radius 1 is 0.900 bits per heavy atom. The van der Waals surface area contributed by atoms with E-state index in [1.165, 1.54) is 57.8 Å². The molecule has 0 amide bonds. The van der Waals surface area contributed by atoms with Crippen molar-refractivity contribution in [1.82, 2.24) is 0 Å². The summed E-state index contributed by atoms with van der Waals surface area (Å²) >= 11 is 5.50. The maximum atomic E-state index is 11.0. The Hall–Kier alpha value is -0.440. The second kappa shape index (κ2) is 15.0. The molecule has 0 rings (SSSR count). The zero-order valence-electron chi connectivity index (χ0n) is 13.2. The lowest BCUT2D eigenvalue weighted by atomic mass is 10.1. The van der Waals surface area contributed by atoms with Crippen molar-refractivity contribution in [3.8, 4) is 0 Å². The smallest absolute Gasteiger partial charge is 0.434 e. The van der Waals surface area contributed by atoms with Gasteiger partial charge in [-0.2, -0.15) is 0 Å². The lowest BCUT2D eigenvalue weighted by Gasteiger charge is -2.07. The predicted octanol–water partition coefficient (Wildman–Crippen LogP) is 6.04. The summed E-state index contributed by atoms with van der Waals surface area (Å²) in [5.41, 5.74) is -0.625. The number of carbonyl (C=O) groups excluding carboxylic acids is 1. The van der Waals surface area contributed by atoms with E-state index in [2.05, 4.69) is 11.7 Å². The van der Waals surface area contributed by atoms with Crippen LogP contribution in [0.4, 0.5) is 4.79 Å². The summed E-state index contributed by atoms with van der Waals surface area (Å²) in [4.78, 5) is 11.0. The Morgan fingerprint density at radius 3 is 1.80 bits per heavy atom. The van der Waals surface area contributed by atoms with E-state index in [9.17, 15) is 4.79 Å². The highest BCUT2D eigenvalue weighted by molar-refractivity contribution is 6.19. The first-order valence-electron chi connectivity index (χ1n) is 8.14. The maximum Gasteiger partial charge on any atom is 0.509 e. The largest absolute Gasteiger partial charge is 0.509 e. The van der Waals surface area contributed by atoms with E-state index in [0.717, 1.165) is 12.8 Å². The lowest BCUT2D eigenvalue weighted by molar-refractivity contribution is 0.0486. The van der Waals surface area contributed by atoms with E-state index < -0.39 is 11.7 Å². The molecule has 4 heteroatoms. The number of hydrogen-bond acceptors (Lipinski definition) is 3. The molecule has 20 heavy (non-hydrogen) atoms. The molecule has 0 aromatic carbocycles. The lowest BCUT2D eigenvalue weighted by Crippen LogP contribution is -2.12. The first kappa shape index (κ1) is 19.6. The van der Waals surface area contributed by atoms with E-state index in [0.29, 0.717) is 6.61 Å². The number of hydrogen-bond donors (Lipinski definition) is 0. The molecule has 1 atom stereocenters. The molecule has 0 heterocycles. The highest BCUT2D eigenvalue weighted by atomic mass is 35.5. The van der Waals surface area contributed by atoms with Gasteiger partial charge in [-0.05, 0) is 13.3 Å². The molecule has 0 spiro atoms. The average Bonchev–Trinajstić information content (AvgIpc) is 2.39. The third-order valence-corrected chi connectivity index (χ3v) is 3.32. The van der Waals surface area contributed by atoms with Crippen LogP contribution in [0.3, 0.4) is 0 Å². The van der Waals surface area contributed by atoms with Crippen LogP contribution in [-0.2, 0) is 9.47 Å². The molecule has 0 aliphatic heterocycles. The normalized spacial score (nSPS) is 12.2. The molecular formula is C16H31ClO3. The SMILES string of the molecule is CCCCCCCCCCCCCOC(=O)OC(C)Cl. The summed E-state index contributed by atoms with van der Waals surface area (Å²) in [5.74, 6) is 0. The number of carbonyl (C=O) groups is 1. The van der Waals surface area contributed by atoms with E-state index in [1.54, 1.807) is 6.92 Å². The van der Waals surface area contributed by atoms with Gasteiger partial charge in [-0.25, -0.2) is 4.79 Å². The molecule has 0 aliphatic carbocycles. The van der Waals surface area contributed by atoms with Crippen LogP contribution in [0.25, 0.3) is 0 Å². The molecule has 0 aromatic rings. The van der Waals surface area contributed by atoms with Gasteiger partial charge in [0.25, 0.3) is 0 Å². The molecule has 1 unspecified atom stereocenters. The highest BCUT2D eigenvalue weighted by Crippen LogP contribution is 2.11. The quantitative estimate of drug-likeness (QED) is 0.236. The average molecular weight is 307 g/mol. The van der Waals surface area contributed by atoms with Crippen molar-refractivity contribution in [2.75, 3.05) is 6.61 Å². The van der Waals surface area contributed by atoms with Gasteiger partial charge in [0.05, 0.1) is 6.61 Å². The summed E-state index contributed by atoms with van der Waals surface area (Å²) < 4.78 is 9.54. The van der Waals surface area contributed by atoms with Crippen LogP contribution < -0.4 is 0 Å². The minimum atomic E-state index is -0.667. The number of halogens is 1. The fourth-order valence-electron chi connectivity index (χ4n) is 2.09. The molecule has 0 aliphatic rings. The zero-order chi connectivity index (χ0) is 15.1. The summed E-state index contributed by atoms with van der Waals surface area (Å²) in [6, 6.07) is 0. The van der Waals surface area contributed by atoms with Crippen LogP contribution in [0.1, 0.15) is 84.5 Å². The number of unbranched alkanes of at least 4 members (excludes halogenated alkanes) is 10. The number of alkyl halides is 1. The van der Waals surface area contributed by atoms with Gasteiger partial charge >= 0.3 is 6.16 Å². The number of rotatable bonds is 13. The summed E-state index contributed by atoms with van der Waals surface area (Å²) in [5, 5.41) is 0. The second-order valence-electron chi connectivity index (χ2n) is 5.29. The Labute approximate surface area is 129 Å². The third kappa shape index (κ3) is 15.6. The second-order valence-corrected chi connectivity index (χ2v) is 5.91. The Balaban J connectivity index is 3.08. The summed E-state index contributed by atoms with van der Waals surface area (Å²) in [7, 11) is 0. The van der Waals surface area contributed by atoms with E-state index in [1.807, 2.05) is 0 Å². The minimum Gasteiger partial charge on any atom is -0.434 e. The monoisotopic (exact) mass is 306 g/mol. The fourth-order valence-corrected chi connectivity index (χ4v) is 2.16. The molecule has 0 saturated heterocycles. The Bertz CT molecular complexity index is 220. The molecule has 120 valence electrons. The van der Waals surface area contributed by atoms with Crippen LogP contribution in [0.2, 0.25) is 0 Å². The molecule has 0 fully saturated rings. The van der Waals surface area contributed by atoms with Crippen molar-refractivity contribution in [3.05, 3.63) is 0 Å². The molecule has 0 radical (unpaired) electrons.